The Balaban J connectivity index is 1.48. The number of ether oxygens (including phenoxy) is 2. The molecule has 2 aliphatic rings. The van der Waals surface area contributed by atoms with Gasteiger partial charge in [-0.25, -0.2) is 9.59 Å². The van der Waals surface area contributed by atoms with Crippen LogP contribution < -0.4 is 5.32 Å². The maximum absolute atomic E-state index is 12.5. The van der Waals surface area contributed by atoms with Gasteiger partial charge >= 0.3 is 12.1 Å². The number of fused-ring (bicyclic) bond motifs is 3. The number of aliphatic carboxylic acids is 1. The number of alkyl carbamates (subject to hydrolysis) is 1. The number of hydrogen-bond donors (Lipinski definition) is 2. The standard InChI is InChI=1S/C23H25NO5/c1-28-23(12-6-7-13-23)20(21(25)26)24-22(27)29-14-19-17-10-4-2-8-15(17)16-9-3-5-11-18(16)19/h2-5,8-11,19-20H,6-7,12-14H2,1H3,(H,24,27)(H,25,26). The van der Waals surface area contributed by atoms with E-state index in [1.54, 1.807) is 0 Å². The van der Waals surface area contributed by atoms with Gasteiger partial charge in [0.2, 0.25) is 0 Å². The van der Waals surface area contributed by atoms with Gasteiger partial charge in [0.25, 0.3) is 0 Å². The average molecular weight is 395 g/mol. The predicted molar refractivity (Wildman–Crippen MR) is 108 cm³/mol. The molecule has 1 unspecified atom stereocenters. The van der Waals surface area contributed by atoms with E-state index >= 15 is 0 Å². The number of benzene rings is 2. The summed E-state index contributed by atoms with van der Waals surface area (Å²) in [5, 5.41) is 12.2. The van der Waals surface area contributed by atoms with Gasteiger partial charge in [0.15, 0.2) is 6.04 Å². The van der Waals surface area contributed by atoms with E-state index in [0.717, 1.165) is 35.1 Å². The fraction of sp³-hybridized carbons (Fsp3) is 0.391. The van der Waals surface area contributed by atoms with Crippen molar-refractivity contribution < 1.29 is 24.2 Å². The summed E-state index contributed by atoms with van der Waals surface area (Å²) in [6.45, 7) is 0.145. The molecule has 6 heteroatoms. The van der Waals surface area contributed by atoms with Gasteiger partial charge in [0.1, 0.15) is 6.61 Å². The van der Waals surface area contributed by atoms with Crippen LogP contribution in [0.5, 0.6) is 0 Å². The van der Waals surface area contributed by atoms with Crippen LogP contribution in [0.1, 0.15) is 42.7 Å². The molecule has 0 saturated heterocycles. The average Bonchev–Trinajstić information content (AvgIpc) is 3.34. The minimum Gasteiger partial charge on any atom is -0.480 e. The van der Waals surface area contributed by atoms with Crippen LogP contribution in [-0.4, -0.2) is 42.5 Å². The molecule has 152 valence electrons. The summed E-state index contributed by atoms with van der Waals surface area (Å²) in [7, 11) is 1.50. The first kappa shape index (κ1) is 19.5. The van der Waals surface area contributed by atoms with Gasteiger partial charge < -0.3 is 19.9 Å². The quantitative estimate of drug-likeness (QED) is 0.774. The number of carboxylic acid groups (broad SMARTS) is 1. The number of hydrogen-bond acceptors (Lipinski definition) is 4. The van der Waals surface area contributed by atoms with Crippen molar-refractivity contribution in [3.8, 4) is 11.1 Å². The first-order valence-electron chi connectivity index (χ1n) is 9.95. The van der Waals surface area contributed by atoms with Crippen molar-refractivity contribution in [2.24, 2.45) is 0 Å². The Kier molecular flexibility index (Phi) is 5.28. The van der Waals surface area contributed by atoms with E-state index in [2.05, 4.69) is 17.4 Å². The zero-order valence-electron chi connectivity index (χ0n) is 16.4. The third kappa shape index (κ3) is 3.49. The molecule has 2 aromatic rings. The van der Waals surface area contributed by atoms with Gasteiger partial charge in [-0.3, -0.25) is 0 Å². The van der Waals surface area contributed by atoms with Gasteiger partial charge in [-0.2, -0.15) is 0 Å². The van der Waals surface area contributed by atoms with Crippen LogP contribution in [0, 0.1) is 0 Å². The lowest BCUT2D eigenvalue weighted by atomic mass is 9.92. The fourth-order valence-electron chi connectivity index (χ4n) is 4.76. The second-order valence-electron chi connectivity index (χ2n) is 7.72. The lowest BCUT2D eigenvalue weighted by Crippen LogP contribution is -2.57. The molecule has 2 aliphatic carbocycles. The van der Waals surface area contributed by atoms with Gasteiger partial charge in [-0.15, -0.1) is 0 Å². The molecule has 6 nitrogen and oxygen atoms in total. The third-order valence-corrected chi connectivity index (χ3v) is 6.24. The minimum atomic E-state index is -1.13. The Morgan fingerprint density at radius 1 is 1.07 bits per heavy atom. The molecule has 2 aromatic carbocycles. The van der Waals surface area contributed by atoms with Crippen LogP contribution in [0.4, 0.5) is 4.79 Å². The Bertz CT molecular complexity index is 873. The summed E-state index contributed by atoms with van der Waals surface area (Å²) in [6, 6.07) is 15.0. The minimum absolute atomic E-state index is 0.0701. The lowest BCUT2D eigenvalue weighted by Gasteiger charge is -2.33. The van der Waals surface area contributed by atoms with Crippen LogP contribution >= 0.6 is 0 Å². The summed E-state index contributed by atoms with van der Waals surface area (Å²) >= 11 is 0. The first-order valence-corrected chi connectivity index (χ1v) is 9.95. The van der Waals surface area contributed by atoms with Crippen molar-refractivity contribution in [1.82, 2.24) is 5.32 Å². The molecule has 0 aromatic heterocycles. The lowest BCUT2D eigenvalue weighted by molar-refractivity contribution is -0.149. The van der Waals surface area contributed by atoms with E-state index in [0.29, 0.717) is 12.8 Å². The molecule has 0 aliphatic heterocycles. The zero-order chi connectivity index (χ0) is 20.4. The van der Waals surface area contributed by atoms with Crippen molar-refractivity contribution >= 4 is 12.1 Å². The second-order valence-corrected chi connectivity index (χ2v) is 7.72. The molecule has 0 radical (unpaired) electrons. The van der Waals surface area contributed by atoms with E-state index in [9.17, 15) is 14.7 Å². The Morgan fingerprint density at radius 2 is 1.62 bits per heavy atom. The van der Waals surface area contributed by atoms with Crippen molar-refractivity contribution in [2.75, 3.05) is 13.7 Å². The molecule has 1 atom stereocenters. The molecule has 2 N–H and O–H groups in total. The summed E-state index contributed by atoms with van der Waals surface area (Å²) in [6.07, 6.45) is 2.23. The maximum Gasteiger partial charge on any atom is 0.407 e. The molecular formula is C23H25NO5. The van der Waals surface area contributed by atoms with E-state index in [1.807, 2.05) is 36.4 Å². The number of carbonyl (C=O) groups is 2. The van der Waals surface area contributed by atoms with Crippen LogP contribution in [0.25, 0.3) is 11.1 Å². The van der Waals surface area contributed by atoms with E-state index in [1.165, 1.54) is 7.11 Å². The fourth-order valence-corrected chi connectivity index (χ4v) is 4.76. The number of nitrogens with one attached hydrogen (secondary N) is 1. The SMILES string of the molecule is COC1(C(NC(=O)OCC2c3ccccc3-c3ccccc32)C(=O)O)CCCC1. The molecule has 0 bridgehead atoms. The van der Waals surface area contributed by atoms with E-state index < -0.39 is 23.7 Å². The Hall–Kier alpha value is -2.86. The zero-order valence-corrected chi connectivity index (χ0v) is 16.4. The predicted octanol–water partition coefficient (Wildman–Crippen LogP) is 3.94. The highest BCUT2D eigenvalue weighted by molar-refractivity contribution is 5.82. The van der Waals surface area contributed by atoms with Crippen molar-refractivity contribution in [2.45, 2.75) is 43.2 Å². The van der Waals surface area contributed by atoms with Crippen LogP contribution in [-0.2, 0) is 14.3 Å². The summed E-state index contributed by atoms with van der Waals surface area (Å²) in [5.41, 5.74) is 3.63. The van der Waals surface area contributed by atoms with Crippen molar-refractivity contribution in [3.63, 3.8) is 0 Å². The highest BCUT2D eigenvalue weighted by atomic mass is 16.6. The largest absolute Gasteiger partial charge is 0.480 e. The highest BCUT2D eigenvalue weighted by Gasteiger charge is 2.47. The number of amides is 1. The topological polar surface area (TPSA) is 84.9 Å². The van der Waals surface area contributed by atoms with Gasteiger partial charge in [-0.05, 0) is 35.1 Å². The van der Waals surface area contributed by atoms with Crippen molar-refractivity contribution in [3.05, 3.63) is 59.7 Å². The molecule has 1 amide bonds. The molecule has 0 spiro atoms. The Morgan fingerprint density at radius 3 is 2.14 bits per heavy atom. The van der Waals surface area contributed by atoms with Gasteiger partial charge in [0, 0.05) is 13.0 Å². The van der Waals surface area contributed by atoms with E-state index in [-0.39, 0.29) is 12.5 Å². The van der Waals surface area contributed by atoms with E-state index in [4.69, 9.17) is 9.47 Å². The molecule has 4 rings (SSSR count). The molecule has 29 heavy (non-hydrogen) atoms. The molecule has 1 fully saturated rings. The number of rotatable bonds is 6. The number of methoxy groups -OCH3 is 1. The maximum atomic E-state index is 12.5. The van der Waals surface area contributed by atoms with Gasteiger partial charge in [0.05, 0.1) is 5.60 Å². The normalized spacial score (nSPS) is 18.0. The third-order valence-electron chi connectivity index (χ3n) is 6.24. The summed E-state index contributed by atoms with van der Waals surface area (Å²) in [4.78, 5) is 24.3. The highest BCUT2D eigenvalue weighted by Crippen LogP contribution is 2.44. The molecule has 1 saturated carbocycles. The molecular weight excluding hydrogens is 370 g/mol. The second kappa shape index (κ2) is 7.87. The van der Waals surface area contributed by atoms with Gasteiger partial charge in [-0.1, -0.05) is 61.4 Å². The summed E-state index contributed by atoms with van der Waals surface area (Å²) < 4.78 is 11.0. The van der Waals surface area contributed by atoms with Crippen LogP contribution in [0.3, 0.4) is 0 Å². The smallest absolute Gasteiger partial charge is 0.407 e. The molecule has 0 heterocycles. The first-order chi connectivity index (χ1) is 14.1. The van der Waals surface area contributed by atoms with Crippen LogP contribution in [0.15, 0.2) is 48.5 Å². The van der Waals surface area contributed by atoms with Crippen molar-refractivity contribution in [1.29, 1.82) is 0 Å². The monoisotopic (exact) mass is 395 g/mol. The number of carboxylic acids is 1. The summed E-state index contributed by atoms with van der Waals surface area (Å²) in [5.74, 6) is -1.18. The number of carbonyl (C=O) groups excluding carboxylic acids is 1. The van der Waals surface area contributed by atoms with Crippen LogP contribution in [0.2, 0.25) is 0 Å². The Labute approximate surface area is 169 Å².